The number of rotatable bonds is 9. The van der Waals surface area contributed by atoms with Crippen LogP contribution in [0, 0.1) is 5.92 Å². The van der Waals surface area contributed by atoms with Gasteiger partial charge in [-0.2, -0.15) is 0 Å². The SMILES string of the molecule is CCOc1ccc(C(=O)OCC(=O)N(CC(C)C)[C@H]2CCS(=O)(=O)C2)cc1OC. The molecule has 0 unspecified atom stereocenters. The number of sulfone groups is 1. The van der Waals surface area contributed by atoms with Crippen LogP contribution in [0.4, 0.5) is 0 Å². The first-order valence-electron chi connectivity index (χ1n) is 9.64. The monoisotopic (exact) mass is 427 g/mol. The first-order chi connectivity index (χ1) is 13.7. The molecule has 29 heavy (non-hydrogen) atoms. The maximum absolute atomic E-state index is 12.7. The number of benzene rings is 1. The molecule has 1 aliphatic rings. The van der Waals surface area contributed by atoms with E-state index in [2.05, 4.69) is 0 Å². The Morgan fingerprint density at radius 3 is 2.52 bits per heavy atom. The van der Waals surface area contributed by atoms with Gasteiger partial charge in [0.25, 0.3) is 5.91 Å². The minimum Gasteiger partial charge on any atom is -0.493 e. The highest BCUT2D eigenvalue weighted by Crippen LogP contribution is 2.28. The van der Waals surface area contributed by atoms with Gasteiger partial charge in [-0.3, -0.25) is 4.79 Å². The fraction of sp³-hybridized carbons (Fsp3) is 0.600. The van der Waals surface area contributed by atoms with Crippen LogP contribution in [0.2, 0.25) is 0 Å². The van der Waals surface area contributed by atoms with Crippen LogP contribution >= 0.6 is 0 Å². The van der Waals surface area contributed by atoms with Gasteiger partial charge in [-0.05, 0) is 37.5 Å². The number of ether oxygens (including phenoxy) is 3. The van der Waals surface area contributed by atoms with Crippen LogP contribution in [0.25, 0.3) is 0 Å². The number of hydrogen-bond acceptors (Lipinski definition) is 7. The molecule has 0 bridgehead atoms. The average molecular weight is 428 g/mol. The molecule has 0 aliphatic carbocycles. The Morgan fingerprint density at radius 2 is 1.97 bits per heavy atom. The van der Waals surface area contributed by atoms with Crippen LogP contribution in [-0.2, 0) is 19.4 Å². The van der Waals surface area contributed by atoms with Crippen molar-refractivity contribution in [3.63, 3.8) is 0 Å². The van der Waals surface area contributed by atoms with Gasteiger partial charge >= 0.3 is 5.97 Å². The van der Waals surface area contributed by atoms with Gasteiger partial charge in [0, 0.05) is 12.6 Å². The first kappa shape index (κ1) is 23.0. The normalized spacial score (nSPS) is 17.8. The van der Waals surface area contributed by atoms with Gasteiger partial charge in [0.15, 0.2) is 27.9 Å². The van der Waals surface area contributed by atoms with Crippen molar-refractivity contribution in [3.05, 3.63) is 23.8 Å². The summed E-state index contributed by atoms with van der Waals surface area (Å²) in [6.07, 6.45) is 0.408. The van der Waals surface area contributed by atoms with Gasteiger partial charge in [-0.1, -0.05) is 13.8 Å². The number of amides is 1. The maximum atomic E-state index is 12.7. The van der Waals surface area contributed by atoms with Crippen LogP contribution in [0.5, 0.6) is 11.5 Å². The van der Waals surface area contributed by atoms with Gasteiger partial charge in [0.1, 0.15) is 0 Å². The van der Waals surface area contributed by atoms with Gasteiger partial charge in [-0.15, -0.1) is 0 Å². The molecule has 162 valence electrons. The Kier molecular flexibility index (Phi) is 7.89. The van der Waals surface area contributed by atoms with Crippen molar-refractivity contribution in [1.82, 2.24) is 4.90 Å². The highest BCUT2D eigenvalue weighted by atomic mass is 32.2. The number of esters is 1. The van der Waals surface area contributed by atoms with Crippen LogP contribution in [0.1, 0.15) is 37.6 Å². The predicted octanol–water partition coefficient (Wildman–Crippen LogP) is 1.92. The van der Waals surface area contributed by atoms with Crippen molar-refractivity contribution in [3.8, 4) is 11.5 Å². The molecule has 1 aromatic rings. The molecular formula is C20H29NO7S. The van der Waals surface area contributed by atoms with Crippen molar-refractivity contribution in [2.45, 2.75) is 33.2 Å². The number of methoxy groups -OCH3 is 1. The number of carbonyl (C=O) groups is 2. The fourth-order valence-electron chi connectivity index (χ4n) is 3.23. The largest absolute Gasteiger partial charge is 0.493 e. The van der Waals surface area contributed by atoms with Crippen LogP contribution < -0.4 is 9.47 Å². The van der Waals surface area contributed by atoms with E-state index >= 15 is 0 Å². The first-order valence-corrected chi connectivity index (χ1v) is 11.5. The van der Waals surface area contributed by atoms with E-state index in [9.17, 15) is 18.0 Å². The third kappa shape index (κ3) is 6.35. The van der Waals surface area contributed by atoms with E-state index in [1.807, 2.05) is 20.8 Å². The lowest BCUT2D eigenvalue weighted by atomic mass is 10.1. The molecule has 1 saturated heterocycles. The Balaban J connectivity index is 2.04. The molecule has 1 atom stereocenters. The molecule has 1 fully saturated rings. The third-order valence-electron chi connectivity index (χ3n) is 4.56. The lowest BCUT2D eigenvalue weighted by molar-refractivity contribution is -0.137. The molecule has 0 saturated carbocycles. The molecule has 1 amide bonds. The molecule has 0 N–H and O–H groups in total. The summed E-state index contributed by atoms with van der Waals surface area (Å²) < 4.78 is 39.4. The van der Waals surface area contributed by atoms with E-state index in [4.69, 9.17) is 14.2 Å². The second kappa shape index (κ2) is 9.96. The zero-order valence-electron chi connectivity index (χ0n) is 17.3. The molecule has 1 heterocycles. The lowest BCUT2D eigenvalue weighted by Crippen LogP contribution is -2.45. The van der Waals surface area contributed by atoms with Gasteiger partial charge in [0.2, 0.25) is 0 Å². The third-order valence-corrected chi connectivity index (χ3v) is 6.31. The minimum atomic E-state index is -3.13. The summed E-state index contributed by atoms with van der Waals surface area (Å²) in [4.78, 5) is 26.6. The molecule has 1 aromatic carbocycles. The van der Waals surface area contributed by atoms with E-state index in [1.165, 1.54) is 24.1 Å². The zero-order valence-corrected chi connectivity index (χ0v) is 18.2. The molecule has 0 aromatic heterocycles. The van der Waals surface area contributed by atoms with E-state index in [0.717, 1.165) is 0 Å². The highest BCUT2D eigenvalue weighted by Gasteiger charge is 2.35. The Labute approximate surface area is 172 Å². The second-order valence-corrected chi connectivity index (χ2v) is 9.60. The van der Waals surface area contributed by atoms with Crippen molar-refractivity contribution < 1.29 is 32.2 Å². The Bertz CT molecular complexity index is 835. The summed E-state index contributed by atoms with van der Waals surface area (Å²) in [7, 11) is -1.66. The molecule has 0 spiro atoms. The standard InChI is InChI=1S/C20H29NO7S/c1-5-27-17-7-6-15(10-18(17)26-4)20(23)28-12-19(22)21(11-14(2)3)16-8-9-29(24,25)13-16/h6-7,10,14,16H,5,8-9,11-13H2,1-4H3/t16-/m0/s1. The summed E-state index contributed by atoms with van der Waals surface area (Å²) in [5, 5.41) is 0. The average Bonchev–Trinajstić information content (AvgIpc) is 3.03. The smallest absolute Gasteiger partial charge is 0.338 e. The maximum Gasteiger partial charge on any atom is 0.338 e. The van der Waals surface area contributed by atoms with E-state index in [1.54, 1.807) is 6.07 Å². The minimum absolute atomic E-state index is 0.0461. The molecule has 8 nitrogen and oxygen atoms in total. The van der Waals surface area contributed by atoms with Gasteiger partial charge < -0.3 is 19.1 Å². The topological polar surface area (TPSA) is 99.2 Å². The molecule has 0 radical (unpaired) electrons. The summed E-state index contributed by atoms with van der Waals surface area (Å²) in [5.74, 6) is 0.0304. The van der Waals surface area contributed by atoms with E-state index in [-0.39, 0.29) is 29.0 Å². The van der Waals surface area contributed by atoms with Crippen LogP contribution in [-0.4, -0.2) is 69.6 Å². The molecule has 2 rings (SSSR count). The highest BCUT2D eigenvalue weighted by molar-refractivity contribution is 7.91. The number of nitrogens with zero attached hydrogens (tertiary/aromatic N) is 1. The van der Waals surface area contributed by atoms with Crippen LogP contribution in [0.3, 0.4) is 0 Å². The van der Waals surface area contributed by atoms with Crippen molar-refractivity contribution in [1.29, 1.82) is 0 Å². The van der Waals surface area contributed by atoms with Crippen molar-refractivity contribution in [2.75, 3.05) is 38.4 Å². The summed E-state index contributed by atoms with van der Waals surface area (Å²) in [5.41, 5.74) is 0.233. The summed E-state index contributed by atoms with van der Waals surface area (Å²) >= 11 is 0. The quantitative estimate of drug-likeness (QED) is 0.555. The zero-order chi connectivity index (χ0) is 21.6. The van der Waals surface area contributed by atoms with Gasteiger partial charge in [0.05, 0.1) is 30.8 Å². The summed E-state index contributed by atoms with van der Waals surface area (Å²) in [6, 6.07) is 4.26. The van der Waals surface area contributed by atoms with Crippen molar-refractivity contribution >= 4 is 21.7 Å². The Hall–Kier alpha value is -2.29. The molecule has 9 heteroatoms. The molecule has 1 aliphatic heterocycles. The van der Waals surface area contributed by atoms with Crippen molar-refractivity contribution in [2.24, 2.45) is 5.92 Å². The molecular weight excluding hydrogens is 398 g/mol. The Morgan fingerprint density at radius 1 is 1.24 bits per heavy atom. The number of carbonyl (C=O) groups excluding carboxylic acids is 2. The fourth-order valence-corrected chi connectivity index (χ4v) is 4.96. The number of hydrogen-bond donors (Lipinski definition) is 0. The van der Waals surface area contributed by atoms with E-state index < -0.39 is 28.3 Å². The second-order valence-electron chi connectivity index (χ2n) is 7.37. The predicted molar refractivity (Wildman–Crippen MR) is 108 cm³/mol. The lowest BCUT2D eigenvalue weighted by Gasteiger charge is -2.29. The van der Waals surface area contributed by atoms with Crippen LogP contribution in [0.15, 0.2) is 18.2 Å². The summed E-state index contributed by atoms with van der Waals surface area (Å²) in [6.45, 7) is 6.15. The van der Waals surface area contributed by atoms with Gasteiger partial charge in [-0.25, -0.2) is 13.2 Å². The van der Waals surface area contributed by atoms with E-state index in [0.29, 0.717) is 31.1 Å².